The summed E-state index contributed by atoms with van der Waals surface area (Å²) in [7, 11) is 0. The van der Waals surface area contributed by atoms with Gasteiger partial charge in [-0.1, -0.05) is 11.6 Å². The molecule has 0 aliphatic carbocycles. The van der Waals surface area contributed by atoms with Gasteiger partial charge in [-0.25, -0.2) is 4.39 Å². The van der Waals surface area contributed by atoms with E-state index >= 15 is 0 Å². The Kier molecular flexibility index (Phi) is 3.31. The average Bonchev–Trinajstić information content (AvgIpc) is 2.85. The van der Waals surface area contributed by atoms with Gasteiger partial charge in [0.25, 0.3) is 0 Å². The molecule has 98 valence electrons. The van der Waals surface area contributed by atoms with Crippen LogP contribution in [0.3, 0.4) is 0 Å². The molecule has 3 rings (SSSR count). The zero-order valence-electron chi connectivity index (χ0n) is 9.97. The summed E-state index contributed by atoms with van der Waals surface area (Å²) in [6, 6.07) is 1.72. The van der Waals surface area contributed by atoms with E-state index in [9.17, 15) is 4.39 Å². The van der Waals surface area contributed by atoms with Crippen LogP contribution in [0.15, 0.2) is 6.07 Å². The molecule has 1 fully saturated rings. The van der Waals surface area contributed by atoms with Crippen LogP contribution >= 0.6 is 11.6 Å². The summed E-state index contributed by atoms with van der Waals surface area (Å²) in [5, 5.41) is 3.38. The normalized spacial score (nSPS) is 22.2. The molecule has 0 saturated carbocycles. The molecule has 0 radical (unpaired) electrons. The molecular weight excluding hydrogens is 257 g/mol. The van der Waals surface area contributed by atoms with Gasteiger partial charge in [0.15, 0.2) is 11.5 Å². The van der Waals surface area contributed by atoms with E-state index < -0.39 is 0 Å². The van der Waals surface area contributed by atoms with Gasteiger partial charge in [0.2, 0.25) is 6.79 Å². The minimum atomic E-state index is -0.369. The van der Waals surface area contributed by atoms with E-state index in [0.29, 0.717) is 29.4 Å². The number of fused-ring (bicyclic) bond motifs is 1. The molecule has 1 N–H and O–H groups in total. The van der Waals surface area contributed by atoms with E-state index in [4.69, 9.17) is 21.1 Å². The van der Waals surface area contributed by atoms with Crippen LogP contribution in [0.1, 0.15) is 18.4 Å². The average molecular weight is 272 g/mol. The number of rotatable bonds is 2. The van der Waals surface area contributed by atoms with Crippen LogP contribution in [0, 0.1) is 11.7 Å². The molecule has 3 nitrogen and oxygen atoms in total. The molecule has 1 atom stereocenters. The molecule has 1 aromatic rings. The molecule has 0 bridgehead atoms. The van der Waals surface area contributed by atoms with Gasteiger partial charge < -0.3 is 14.8 Å². The minimum Gasteiger partial charge on any atom is -0.454 e. The van der Waals surface area contributed by atoms with Gasteiger partial charge >= 0.3 is 0 Å². The highest BCUT2D eigenvalue weighted by Crippen LogP contribution is 2.42. The molecule has 18 heavy (non-hydrogen) atoms. The molecule has 2 aliphatic rings. The van der Waals surface area contributed by atoms with Crippen LogP contribution in [0.4, 0.5) is 4.39 Å². The Bertz CT molecular complexity index is 461. The SMILES string of the molecule is Fc1c(CC2CCCNC2)cc2c(c1Cl)OCO2. The Morgan fingerprint density at radius 2 is 2.33 bits per heavy atom. The molecule has 0 amide bonds. The van der Waals surface area contributed by atoms with E-state index in [-0.39, 0.29) is 17.6 Å². The molecule has 1 unspecified atom stereocenters. The first-order valence-corrected chi connectivity index (χ1v) is 6.60. The lowest BCUT2D eigenvalue weighted by atomic mass is 9.92. The maximum Gasteiger partial charge on any atom is 0.231 e. The highest BCUT2D eigenvalue weighted by atomic mass is 35.5. The number of ether oxygens (including phenoxy) is 2. The Balaban J connectivity index is 1.85. The fraction of sp³-hybridized carbons (Fsp3) is 0.538. The molecule has 5 heteroatoms. The monoisotopic (exact) mass is 271 g/mol. The number of hydrogen-bond acceptors (Lipinski definition) is 3. The molecule has 0 spiro atoms. The van der Waals surface area contributed by atoms with Crippen LogP contribution < -0.4 is 14.8 Å². The number of hydrogen-bond donors (Lipinski definition) is 1. The van der Waals surface area contributed by atoms with Gasteiger partial charge in [-0.2, -0.15) is 0 Å². The third-order valence-corrected chi connectivity index (χ3v) is 3.87. The first-order valence-electron chi connectivity index (χ1n) is 6.23. The zero-order chi connectivity index (χ0) is 12.5. The van der Waals surface area contributed by atoms with E-state index in [2.05, 4.69) is 5.32 Å². The van der Waals surface area contributed by atoms with Crippen LogP contribution in [-0.4, -0.2) is 19.9 Å². The summed E-state index contributed by atoms with van der Waals surface area (Å²) in [5.41, 5.74) is 0.623. The fourth-order valence-corrected chi connectivity index (χ4v) is 2.86. The van der Waals surface area contributed by atoms with Gasteiger partial charge in [0.1, 0.15) is 10.8 Å². The lowest BCUT2D eigenvalue weighted by molar-refractivity contribution is 0.174. The standard InChI is InChI=1S/C13H15ClFNO2/c14-11-12(15)9(4-8-2-1-3-16-6-8)5-10-13(11)18-7-17-10/h5,8,16H,1-4,6-7H2. The second kappa shape index (κ2) is 4.94. The Morgan fingerprint density at radius 3 is 3.11 bits per heavy atom. The predicted octanol–water partition coefficient (Wildman–Crippen LogP) is 2.75. The molecule has 1 aromatic carbocycles. The quantitative estimate of drug-likeness (QED) is 0.897. The zero-order valence-corrected chi connectivity index (χ0v) is 10.7. The second-order valence-corrected chi connectivity index (χ2v) is 5.19. The first kappa shape index (κ1) is 12.1. The Labute approximate surface area is 110 Å². The summed E-state index contributed by atoms with van der Waals surface area (Å²) in [5.74, 6) is 0.982. The minimum absolute atomic E-state index is 0.0452. The van der Waals surface area contributed by atoms with Gasteiger partial charge in [0, 0.05) is 0 Å². The van der Waals surface area contributed by atoms with E-state index in [1.165, 1.54) is 0 Å². The molecule has 0 aromatic heterocycles. The fourth-order valence-electron chi connectivity index (χ4n) is 2.59. The van der Waals surface area contributed by atoms with E-state index in [1.807, 2.05) is 0 Å². The summed E-state index contributed by atoms with van der Waals surface area (Å²) in [6.07, 6.45) is 2.96. The highest BCUT2D eigenvalue weighted by Gasteiger charge is 2.25. The smallest absolute Gasteiger partial charge is 0.231 e. The van der Waals surface area contributed by atoms with Crippen molar-refractivity contribution in [2.45, 2.75) is 19.3 Å². The van der Waals surface area contributed by atoms with Crippen LogP contribution in [-0.2, 0) is 6.42 Å². The first-order chi connectivity index (χ1) is 8.75. The number of piperidine rings is 1. The lowest BCUT2D eigenvalue weighted by Gasteiger charge is -2.23. The summed E-state index contributed by atoms with van der Waals surface area (Å²) >= 11 is 5.97. The van der Waals surface area contributed by atoms with Crippen LogP contribution in [0.2, 0.25) is 5.02 Å². The number of nitrogens with one attached hydrogen (secondary N) is 1. The van der Waals surface area contributed by atoms with Gasteiger partial charge in [0.05, 0.1) is 0 Å². The molecule has 2 aliphatic heterocycles. The van der Waals surface area contributed by atoms with Gasteiger partial charge in [-0.3, -0.25) is 0 Å². The number of benzene rings is 1. The maximum atomic E-state index is 14.1. The van der Waals surface area contributed by atoms with Crippen LogP contribution in [0.25, 0.3) is 0 Å². The summed E-state index contributed by atoms with van der Waals surface area (Å²) in [6.45, 7) is 2.11. The third-order valence-electron chi connectivity index (χ3n) is 3.53. The van der Waals surface area contributed by atoms with Crippen molar-refractivity contribution in [3.8, 4) is 11.5 Å². The maximum absolute atomic E-state index is 14.1. The largest absolute Gasteiger partial charge is 0.454 e. The van der Waals surface area contributed by atoms with Crippen molar-refractivity contribution in [2.75, 3.05) is 19.9 Å². The molecular formula is C13H15ClFNO2. The Morgan fingerprint density at radius 1 is 1.44 bits per heavy atom. The Hall–Kier alpha value is -1.00. The van der Waals surface area contributed by atoms with Gasteiger partial charge in [-0.05, 0) is 49.9 Å². The molecule has 1 saturated heterocycles. The molecule has 2 heterocycles. The van der Waals surface area contributed by atoms with Crippen molar-refractivity contribution < 1.29 is 13.9 Å². The summed E-state index contributed by atoms with van der Waals surface area (Å²) in [4.78, 5) is 0. The van der Waals surface area contributed by atoms with Crippen molar-refractivity contribution >= 4 is 11.6 Å². The topological polar surface area (TPSA) is 30.5 Å². The van der Waals surface area contributed by atoms with E-state index in [0.717, 1.165) is 25.9 Å². The van der Waals surface area contributed by atoms with Crippen molar-refractivity contribution in [2.24, 2.45) is 5.92 Å². The van der Waals surface area contributed by atoms with Crippen molar-refractivity contribution in [1.29, 1.82) is 0 Å². The van der Waals surface area contributed by atoms with Gasteiger partial charge in [-0.15, -0.1) is 0 Å². The van der Waals surface area contributed by atoms with Crippen LogP contribution in [0.5, 0.6) is 11.5 Å². The van der Waals surface area contributed by atoms with Crippen molar-refractivity contribution in [3.63, 3.8) is 0 Å². The van der Waals surface area contributed by atoms with Crippen molar-refractivity contribution in [1.82, 2.24) is 5.32 Å². The third kappa shape index (κ3) is 2.15. The summed E-state index contributed by atoms with van der Waals surface area (Å²) < 4.78 is 24.5. The highest BCUT2D eigenvalue weighted by molar-refractivity contribution is 6.32. The predicted molar refractivity (Wildman–Crippen MR) is 66.8 cm³/mol. The van der Waals surface area contributed by atoms with Crippen molar-refractivity contribution in [3.05, 3.63) is 22.5 Å². The second-order valence-electron chi connectivity index (χ2n) is 4.81. The number of halogens is 2. The van der Waals surface area contributed by atoms with E-state index in [1.54, 1.807) is 6.07 Å². The lowest BCUT2D eigenvalue weighted by Crippen LogP contribution is -2.31.